The minimum atomic E-state index is -1.02. The topological polar surface area (TPSA) is 63.6 Å². The van der Waals surface area contributed by atoms with Crippen LogP contribution in [0.15, 0.2) is 22.8 Å². The first-order chi connectivity index (χ1) is 13.0. The lowest BCUT2D eigenvalue weighted by atomic mass is 9.48. The fourth-order valence-electron chi connectivity index (χ4n) is 7.28. The monoisotopic (exact) mass is 406 g/mol. The number of hydrogen-bond acceptors (Lipinski definition) is 4. The third-order valence-corrected chi connectivity index (χ3v) is 9.02. The standard InChI is InChI=1S/C23H31ClO4/c1-13(25)23(28-14(2)26)10-7-18-16-12-20(24)19-11-15(27)5-8-21(19,3)17(16)6-9-22(18,23)4/h11-12,15-18,27H,5-10H2,1-4H3/t15-,16-,17+,18+,21+,22-,23-/m0/s1. The van der Waals surface area contributed by atoms with Gasteiger partial charge in [0.2, 0.25) is 0 Å². The molecule has 2 saturated carbocycles. The Kier molecular flexibility index (Phi) is 4.63. The van der Waals surface area contributed by atoms with Gasteiger partial charge in [-0.1, -0.05) is 37.6 Å². The number of carbonyl (C=O) groups excluding carboxylic acids is 2. The first-order valence-corrected chi connectivity index (χ1v) is 10.9. The van der Waals surface area contributed by atoms with E-state index in [0.717, 1.165) is 42.7 Å². The van der Waals surface area contributed by atoms with Gasteiger partial charge in [-0.05, 0) is 74.2 Å². The Morgan fingerprint density at radius 2 is 1.75 bits per heavy atom. The molecule has 0 aromatic carbocycles. The van der Waals surface area contributed by atoms with E-state index in [9.17, 15) is 14.7 Å². The first kappa shape index (κ1) is 20.2. The molecule has 154 valence electrons. The van der Waals surface area contributed by atoms with E-state index in [-0.39, 0.29) is 34.4 Å². The molecule has 5 heteroatoms. The smallest absolute Gasteiger partial charge is 0.303 e. The number of ketones is 1. The molecule has 1 N–H and O–H groups in total. The molecule has 4 aliphatic rings. The summed E-state index contributed by atoms with van der Waals surface area (Å²) in [4.78, 5) is 24.7. The van der Waals surface area contributed by atoms with Crippen LogP contribution in [0, 0.1) is 28.6 Å². The highest BCUT2D eigenvalue weighted by atomic mass is 35.5. The second-order valence-corrected chi connectivity index (χ2v) is 10.3. The number of fused-ring (bicyclic) bond motifs is 5. The maximum Gasteiger partial charge on any atom is 0.303 e. The van der Waals surface area contributed by atoms with E-state index >= 15 is 0 Å². The van der Waals surface area contributed by atoms with Crippen LogP contribution in [-0.2, 0) is 14.3 Å². The lowest BCUT2D eigenvalue weighted by molar-refractivity contribution is -0.185. The normalized spacial score (nSPS) is 47.2. The number of esters is 1. The molecule has 0 heterocycles. The van der Waals surface area contributed by atoms with Crippen LogP contribution in [0.4, 0.5) is 0 Å². The van der Waals surface area contributed by atoms with E-state index in [1.807, 2.05) is 6.08 Å². The van der Waals surface area contributed by atoms with Crippen molar-refractivity contribution in [2.75, 3.05) is 0 Å². The van der Waals surface area contributed by atoms with Gasteiger partial charge in [-0.3, -0.25) is 9.59 Å². The summed E-state index contributed by atoms with van der Waals surface area (Å²) in [5.41, 5.74) is -0.340. The Labute approximate surface area is 172 Å². The highest BCUT2D eigenvalue weighted by Gasteiger charge is 2.67. The minimum Gasteiger partial charge on any atom is -0.451 e. The predicted octanol–water partition coefficient (Wildman–Crippen LogP) is 4.54. The molecular formula is C23H31ClO4. The van der Waals surface area contributed by atoms with Crippen molar-refractivity contribution >= 4 is 23.4 Å². The van der Waals surface area contributed by atoms with Gasteiger partial charge in [-0.25, -0.2) is 0 Å². The number of Topliss-reactive ketones (excluding diaryl/α,β-unsaturated/α-hetero) is 1. The zero-order valence-electron chi connectivity index (χ0n) is 17.3. The Bertz CT molecular complexity index is 785. The van der Waals surface area contributed by atoms with Crippen LogP contribution in [0.3, 0.4) is 0 Å². The van der Waals surface area contributed by atoms with Gasteiger partial charge in [0.25, 0.3) is 0 Å². The molecule has 0 spiro atoms. The van der Waals surface area contributed by atoms with Crippen LogP contribution in [0.25, 0.3) is 0 Å². The molecule has 0 amide bonds. The molecule has 0 saturated heterocycles. The lowest BCUT2D eigenvalue weighted by Crippen LogP contribution is -2.58. The third kappa shape index (κ3) is 2.53. The number of allylic oxidation sites excluding steroid dienone is 3. The largest absolute Gasteiger partial charge is 0.451 e. The van der Waals surface area contributed by atoms with Crippen LogP contribution >= 0.6 is 11.6 Å². The summed E-state index contributed by atoms with van der Waals surface area (Å²) in [6.45, 7) is 7.40. The average molecular weight is 407 g/mol. The van der Waals surface area contributed by atoms with Gasteiger partial charge in [0.05, 0.1) is 6.10 Å². The molecule has 0 aromatic rings. The van der Waals surface area contributed by atoms with Gasteiger partial charge < -0.3 is 9.84 Å². The molecule has 0 bridgehead atoms. The van der Waals surface area contributed by atoms with E-state index in [1.54, 1.807) is 6.92 Å². The molecule has 0 aromatic heterocycles. The first-order valence-electron chi connectivity index (χ1n) is 10.5. The Balaban J connectivity index is 1.78. The maximum absolute atomic E-state index is 12.8. The fourth-order valence-corrected chi connectivity index (χ4v) is 7.70. The summed E-state index contributed by atoms with van der Waals surface area (Å²) in [6, 6.07) is 0. The third-order valence-electron chi connectivity index (χ3n) is 8.69. The quantitative estimate of drug-likeness (QED) is 0.683. The number of carbonyl (C=O) groups is 2. The number of aliphatic hydroxyl groups excluding tert-OH is 1. The summed E-state index contributed by atoms with van der Waals surface area (Å²) >= 11 is 6.75. The van der Waals surface area contributed by atoms with Gasteiger partial charge in [-0.2, -0.15) is 0 Å². The van der Waals surface area contributed by atoms with E-state index in [1.165, 1.54) is 6.92 Å². The number of rotatable bonds is 2. The number of hydrogen-bond donors (Lipinski definition) is 1. The van der Waals surface area contributed by atoms with Gasteiger partial charge in [0.15, 0.2) is 11.4 Å². The number of halogens is 1. The zero-order chi connectivity index (χ0) is 20.5. The van der Waals surface area contributed by atoms with Crippen LogP contribution < -0.4 is 0 Å². The minimum absolute atomic E-state index is 0.0374. The van der Waals surface area contributed by atoms with Gasteiger partial charge >= 0.3 is 5.97 Å². The highest BCUT2D eigenvalue weighted by molar-refractivity contribution is 6.32. The van der Waals surface area contributed by atoms with E-state index in [4.69, 9.17) is 16.3 Å². The van der Waals surface area contributed by atoms with Gasteiger partial charge in [0, 0.05) is 17.4 Å². The summed E-state index contributed by atoms with van der Waals surface area (Å²) in [5.74, 6) is 0.542. The zero-order valence-corrected chi connectivity index (χ0v) is 18.0. The van der Waals surface area contributed by atoms with E-state index in [0.29, 0.717) is 12.3 Å². The Morgan fingerprint density at radius 3 is 2.39 bits per heavy atom. The molecule has 0 aliphatic heterocycles. The molecule has 2 fully saturated rings. The van der Waals surface area contributed by atoms with Crippen molar-refractivity contribution in [3.8, 4) is 0 Å². The number of ether oxygens (including phenoxy) is 1. The summed E-state index contributed by atoms with van der Waals surface area (Å²) in [7, 11) is 0. The number of aliphatic hydroxyl groups is 1. The fraction of sp³-hybridized carbons (Fsp3) is 0.739. The van der Waals surface area contributed by atoms with Crippen molar-refractivity contribution in [2.45, 2.75) is 77.9 Å². The Morgan fingerprint density at radius 1 is 1.07 bits per heavy atom. The van der Waals surface area contributed by atoms with Crippen LogP contribution in [0.5, 0.6) is 0 Å². The van der Waals surface area contributed by atoms with Crippen molar-refractivity contribution < 1.29 is 19.4 Å². The van der Waals surface area contributed by atoms with Crippen molar-refractivity contribution in [2.24, 2.45) is 28.6 Å². The average Bonchev–Trinajstić information content (AvgIpc) is 2.90. The second kappa shape index (κ2) is 6.43. The van der Waals surface area contributed by atoms with Crippen molar-refractivity contribution in [1.29, 1.82) is 0 Å². The highest BCUT2D eigenvalue weighted by Crippen LogP contribution is 2.68. The molecule has 28 heavy (non-hydrogen) atoms. The summed E-state index contributed by atoms with van der Waals surface area (Å²) in [6.07, 6.45) is 8.68. The van der Waals surface area contributed by atoms with Crippen molar-refractivity contribution in [3.63, 3.8) is 0 Å². The summed E-state index contributed by atoms with van der Waals surface area (Å²) in [5, 5.41) is 10.9. The molecule has 4 nitrogen and oxygen atoms in total. The predicted molar refractivity (Wildman–Crippen MR) is 108 cm³/mol. The lowest BCUT2D eigenvalue weighted by Gasteiger charge is -2.58. The SMILES string of the molecule is CC(=O)O[C@]1(C(C)=O)CC[C@@H]2[C@H]3C=C(Cl)C4=C[C@@H](O)CC[C@]4(C)[C@@H]3CC[C@@]21C. The van der Waals surface area contributed by atoms with E-state index < -0.39 is 11.7 Å². The maximum atomic E-state index is 12.8. The van der Waals surface area contributed by atoms with Crippen LogP contribution in [0.1, 0.15) is 66.2 Å². The second-order valence-electron chi connectivity index (χ2n) is 9.88. The van der Waals surface area contributed by atoms with Gasteiger partial charge in [-0.15, -0.1) is 0 Å². The van der Waals surface area contributed by atoms with Gasteiger partial charge in [0.1, 0.15) is 0 Å². The molecule has 7 atom stereocenters. The molecule has 4 aliphatic carbocycles. The van der Waals surface area contributed by atoms with Crippen LogP contribution in [-0.4, -0.2) is 28.6 Å². The van der Waals surface area contributed by atoms with Crippen LogP contribution in [0.2, 0.25) is 0 Å². The van der Waals surface area contributed by atoms with E-state index in [2.05, 4.69) is 19.9 Å². The molecule has 0 unspecified atom stereocenters. The molecular weight excluding hydrogens is 376 g/mol. The molecule has 0 radical (unpaired) electrons. The summed E-state index contributed by atoms with van der Waals surface area (Å²) < 4.78 is 5.80. The van der Waals surface area contributed by atoms with Crippen molar-refractivity contribution in [1.82, 2.24) is 0 Å². The van der Waals surface area contributed by atoms with Crippen molar-refractivity contribution in [3.05, 3.63) is 22.8 Å². The Hall–Kier alpha value is -1.13. The molecule has 4 rings (SSSR count).